The Balaban J connectivity index is 0.000000231. The Labute approximate surface area is 149 Å². The summed E-state index contributed by atoms with van der Waals surface area (Å²) in [6.07, 6.45) is 0. The van der Waals surface area contributed by atoms with E-state index < -0.39 is 0 Å². The number of methoxy groups -OCH3 is 1. The molecule has 6 nitrogen and oxygen atoms in total. The minimum atomic E-state index is -0.295. The molecule has 2 rings (SSSR count). The summed E-state index contributed by atoms with van der Waals surface area (Å²) in [7, 11) is 1.43. The van der Waals surface area contributed by atoms with Crippen LogP contribution in [0.25, 0.3) is 0 Å². The number of phenols is 3. The Bertz CT molecular complexity index is 787. The average molecular weight is 442 g/mol. The van der Waals surface area contributed by atoms with Gasteiger partial charge in [0.2, 0.25) is 0 Å². The zero-order valence-corrected chi connectivity index (χ0v) is 14.9. The van der Waals surface area contributed by atoms with E-state index in [0.717, 1.165) is 0 Å². The van der Waals surface area contributed by atoms with Gasteiger partial charge in [-0.3, -0.25) is 0 Å². The molecule has 2 aromatic carbocycles. The third-order valence-corrected chi connectivity index (χ3v) is 3.76. The molecule has 0 atom stereocenters. The number of rotatable bonds is 1. The highest BCUT2D eigenvalue weighted by Crippen LogP contribution is 2.35. The number of hydrogen-bond acceptors (Lipinski definition) is 6. The molecule has 0 aromatic heterocycles. The normalized spacial score (nSPS) is 9.09. The maximum atomic E-state index is 9.34. The van der Waals surface area contributed by atoms with Crippen molar-refractivity contribution >= 4 is 31.9 Å². The number of aromatic hydroxyl groups is 3. The summed E-state index contributed by atoms with van der Waals surface area (Å²) in [5.41, 5.74) is 0.740. The zero-order valence-electron chi connectivity index (χ0n) is 11.7. The van der Waals surface area contributed by atoms with E-state index in [2.05, 4.69) is 31.9 Å². The largest absolute Gasteiger partial charge is 0.504 e. The van der Waals surface area contributed by atoms with Crippen LogP contribution in [-0.4, -0.2) is 22.4 Å². The van der Waals surface area contributed by atoms with Crippen LogP contribution in [-0.2, 0) is 0 Å². The Morgan fingerprint density at radius 1 is 0.870 bits per heavy atom. The molecule has 0 amide bonds. The van der Waals surface area contributed by atoms with Gasteiger partial charge in [0, 0.05) is 12.1 Å². The van der Waals surface area contributed by atoms with E-state index in [-0.39, 0.29) is 17.2 Å². The van der Waals surface area contributed by atoms with Crippen molar-refractivity contribution in [3.63, 3.8) is 0 Å². The van der Waals surface area contributed by atoms with Crippen molar-refractivity contribution in [3.05, 3.63) is 44.3 Å². The van der Waals surface area contributed by atoms with Crippen LogP contribution in [0.3, 0.4) is 0 Å². The van der Waals surface area contributed by atoms with Crippen molar-refractivity contribution in [2.45, 2.75) is 0 Å². The molecule has 0 spiro atoms. The third kappa shape index (κ3) is 4.78. The maximum Gasteiger partial charge on any atom is 0.172 e. The minimum absolute atomic E-state index is 0.0106. The lowest BCUT2D eigenvalue weighted by atomic mass is 10.2. The third-order valence-electron chi connectivity index (χ3n) is 2.55. The first kappa shape index (κ1) is 18.6. The van der Waals surface area contributed by atoms with E-state index in [9.17, 15) is 5.11 Å². The molecule has 2 aromatic rings. The highest BCUT2D eigenvalue weighted by Gasteiger charge is 2.07. The molecule has 0 bridgehead atoms. The van der Waals surface area contributed by atoms with Crippen LogP contribution in [0.4, 0.5) is 0 Å². The summed E-state index contributed by atoms with van der Waals surface area (Å²) >= 11 is 6.07. The lowest BCUT2D eigenvalue weighted by molar-refractivity contribution is 0.372. The van der Waals surface area contributed by atoms with E-state index in [1.165, 1.54) is 31.4 Å². The Kier molecular flexibility index (Phi) is 6.70. The first-order valence-electron chi connectivity index (χ1n) is 5.92. The number of ether oxygens (including phenoxy) is 1. The molecule has 0 fully saturated rings. The van der Waals surface area contributed by atoms with Gasteiger partial charge in [0.05, 0.1) is 39.3 Å². The average Bonchev–Trinajstić information content (AvgIpc) is 2.55. The Morgan fingerprint density at radius 2 is 1.35 bits per heavy atom. The van der Waals surface area contributed by atoms with Gasteiger partial charge in [0.15, 0.2) is 23.0 Å². The number of nitriles is 2. The standard InChI is InChI=1S/C8H6BrNO2.C7H4BrNO2/c1-12-7-3-5(4-10)2-6(9)8(7)11;8-5-1-4(3-9)2-6(10)7(5)11/h2-3,11H,1H3;1-2,10-11H. The van der Waals surface area contributed by atoms with Crippen LogP contribution in [0.5, 0.6) is 23.0 Å². The second kappa shape index (κ2) is 8.28. The number of hydrogen-bond donors (Lipinski definition) is 3. The van der Waals surface area contributed by atoms with Crippen LogP contribution >= 0.6 is 31.9 Å². The number of halogens is 2. The molecule has 8 heteroatoms. The summed E-state index contributed by atoms with van der Waals surface area (Å²) in [5.74, 6) is -0.239. The van der Waals surface area contributed by atoms with Crippen molar-refractivity contribution in [2.75, 3.05) is 7.11 Å². The van der Waals surface area contributed by atoms with Gasteiger partial charge >= 0.3 is 0 Å². The molecule has 23 heavy (non-hydrogen) atoms. The van der Waals surface area contributed by atoms with Gasteiger partial charge in [0.25, 0.3) is 0 Å². The number of nitrogens with zero attached hydrogens (tertiary/aromatic N) is 2. The van der Waals surface area contributed by atoms with Gasteiger partial charge in [-0.2, -0.15) is 10.5 Å². The summed E-state index contributed by atoms with van der Waals surface area (Å²) in [6.45, 7) is 0. The fraction of sp³-hybridized carbons (Fsp3) is 0.0667. The topological polar surface area (TPSA) is 118 Å². The highest BCUT2D eigenvalue weighted by molar-refractivity contribution is 9.10. The SMILES string of the molecule is COc1cc(C#N)cc(Br)c1O.N#Cc1cc(O)c(O)c(Br)c1. The first-order chi connectivity index (χ1) is 10.8. The van der Waals surface area contributed by atoms with E-state index in [0.29, 0.717) is 25.8 Å². The van der Waals surface area contributed by atoms with Crippen molar-refractivity contribution in [1.82, 2.24) is 0 Å². The first-order valence-corrected chi connectivity index (χ1v) is 7.50. The van der Waals surface area contributed by atoms with Gasteiger partial charge in [-0.05, 0) is 44.0 Å². The lowest BCUT2D eigenvalue weighted by Gasteiger charge is -2.04. The minimum Gasteiger partial charge on any atom is -0.504 e. The summed E-state index contributed by atoms with van der Waals surface area (Å²) in [4.78, 5) is 0. The van der Waals surface area contributed by atoms with Crippen LogP contribution in [0, 0.1) is 22.7 Å². The molecule has 118 valence electrons. The Morgan fingerprint density at radius 3 is 1.78 bits per heavy atom. The van der Waals surface area contributed by atoms with Gasteiger partial charge in [-0.15, -0.1) is 0 Å². The predicted octanol–water partition coefficient (Wildman–Crippen LogP) is 3.77. The molecule has 0 saturated carbocycles. The highest BCUT2D eigenvalue weighted by atomic mass is 79.9. The quantitative estimate of drug-likeness (QED) is 0.579. The molecule has 0 aliphatic rings. The number of benzene rings is 2. The fourth-order valence-corrected chi connectivity index (χ4v) is 2.33. The van der Waals surface area contributed by atoms with E-state index >= 15 is 0 Å². The molecule has 0 saturated heterocycles. The molecule has 0 heterocycles. The monoisotopic (exact) mass is 440 g/mol. The van der Waals surface area contributed by atoms with Gasteiger partial charge in [-0.25, -0.2) is 0 Å². The van der Waals surface area contributed by atoms with E-state index in [1.807, 2.05) is 12.1 Å². The predicted molar refractivity (Wildman–Crippen MR) is 89.3 cm³/mol. The zero-order chi connectivity index (χ0) is 17.6. The van der Waals surface area contributed by atoms with Crippen LogP contribution in [0.1, 0.15) is 11.1 Å². The van der Waals surface area contributed by atoms with Crippen LogP contribution in [0.2, 0.25) is 0 Å². The van der Waals surface area contributed by atoms with Crippen molar-refractivity contribution in [2.24, 2.45) is 0 Å². The molecular formula is C15H10Br2N2O4. The van der Waals surface area contributed by atoms with Crippen molar-refractivity contribution in [3.8, 4) is 35.1 Å². The number of phenolic OH excluding ortho intramolecular Hbond substituents is 3. The molecule has 0 unspecified atom stereocenters. The fourth-order valence-electron chi connectivity index (χ4n) is 1.44. The van der Waals surface area contributed by atoms with Crippen LogP contribution in [0.15, 0.2) is 33.2 Å². The van der Waals surface area contributed by atoms with Crippen molar-refractivity contribution in [1.29, 1.82) is 10.5 Å². The molecule has 0 radical (unpaired) electrons. The van der Waals surface area contributed by atoms with Crippen molar-refractivity contribution < 1.29 is 20.1 Å². The molecule has 0 aliphatic heterocycles. The van der Waals surface area contributed by atoms with E-state index in [1.54, 1.807) is 0 Å². The second-order valence-corrected chi connectivity index (χ2v) is 5.77. The molecule has 0 aliphatic carbocycles. The lowest BCUT2D eigenvalue weighted by Crippen LogP contribution is -1.85. The summed E-state index contributed by atoms with van der Waals surface area (Å²) < 4.78 is 5.61. The second-order valence-electron chi connectivity index (χ2n) is 4.06. The maximum absolute atomic E-state index is 9.34. The van der Waals surface area contributed by atoms with Gasteiger partial charge in [-0.1, -0.05) is 0 Å². The summed E-state index contributed by atoms with van der Waals surface area (Å²) in [5, 5.41) is 44.3. The summed E-state index contributed by atoms with van der Waals surface area (Å²) in [6, 6.07) is 9.40. The molecule has 3 N–H and O–H groups in total. The van der Waals surface area contributed by atoms with E-state index in [4.69, 9.17) is 25.5 Å². The smallest absolute Gasteiger partial charge is 0.172 e. The van der Waals surface area contributed by atoms with Crippen LogP contribution < -0.4 is 4.74 Å². The van der Waals surface area contributed by atoms with Gasteiger partial charge < -0.3 is 20.1 Å². The molecular weight excluding hydrogens is 432 g/mol. The van der Waals surface area contributed by atoms with Gasteiger partial charge in [0.1, 0.15) is 0 Å². The Hall–Kier alpha value is -2.42.